The van der Waals surface area contributed by atoms with Crippen molar-refractivity contribution >= 4 is 56.9 Å². The summed E-state index contributed by atoms with van der Waals surface area (Å²) < 4.78 is 1.58. The molecule has 1 amide bonds. The van der Waals surface area contributed by atoms with Crippen molar-refractivity contribution in [1.82, 2.24) is 14.5 Å². The molecule has 0 bridgehead atoms. The zero-order valence-corrected chi connectivity index (χ0v) is 17.5. The molecular weight excluding hydrogens is 408 g/mol. The summed E-state index contributed by atoms with van der Waals surface area (Å²) in [6.07, 6.45) is 0. The molecule has 4 rings (SSSR count). The average Bonchev–Trinajstić information content (AvgIpc) is 3.08. The lowest BCUT2D eigenvalue weighted by atomic mass is 10.2. The van der Waals surface area contributed by atoms with Gasteiger partial charge in [0.25, 0.3) is 5.56 Å². The zero-order chi connectivity index (χ0) is 20.5. The second kappa shape index (κ2) is 7.93. The third kappa shape index (κ3) is 3.75. The summed E-state index contributed by atoms with van der Waals surface area (Å²) in [6, 6.07) is 13.0. The summed E-state index contributed by atoms with van der Waals surface area (Å²) >= 11 is 7.35. The van der Waals surface area contributed by atoms with Crippen LogP contribution in [0.15, 0.2) is 52.4 Å². The molecule has 0 aliphatic carbocycles. The Kier molecular flexibility index (Phi) is 5.34. The first kappa shape index (κ1) is 19.5. The quantitative estimate of drug-likeness (QED) is 0.361. The molecular formula is C21H19ClN4O2S. The predicted molar refractivity (Wildman–Crippen MR) is 119 cm³/mol. The Morgan fingerprint density at radius 2 is 2.07 bits per heavy atom. The van der Waals surface area contributed by atoms with E-state index >= 15 is 0 Å². The summed E-state index contributed by atoms with van der Waals surface area (Å²) in [6.45, 7) is 4.25. The Morgan fingerprint density at radius 3 is 2.83 bits per heavy atom. The van der Waals surface area contributed by atoms with Gasteiger partial charge in [-0.05, 0) is 37.6 Å². The normalized spacial score (nSPS) is 11.3. The second-order valence-corrected chi connectivity index (χ2v) is 7.99. The van der Waals surface area contributed by atoms with Crippen LogP contribution in [0.4, 0.5) is 5.69 Å². The zero-order valence-electron chi connectivity index (χ0n) is 16.0. The molecule has 0 fully saturated rings. The van der Waals surface area contributed by atoms with Gasteiger partial charge in [0.15, 0.2) is 5.16 Å². The van der Waals surface area contributed by atoms with Gasteiger partial charge in [-0.1, -0.05) is 47.6 Å². The van der Waals surface area contributed by atoms with Crippen LogP contribution in [0, 0.1) is 6.92 Å². The average molecular weight is 427 g/mol. The van der Waals surface area contributed by atoms with E-state index in [1.165, 1.54) is 11.8 Å². The van der Waals surface area contributed by atoms with Crippen LogP contribution < -0.4 is 10.9 Å². The van der Waals surface area contributed by atoms with Crippen LogP contribution in [0.2, 0.25) is 5.02 Å². The molecule has 0 aliphatic heterocycles. The Labute approximate surface area is 176 Å². The van der Waals surface area contributed by atoms with Crippen molar-refractivity contribution in [3.63, 3.8) is 0 Å². The van der Waals surface area contributed by atoms with Gasteiger partial charge in [-0.3, -0.25) is 14.2 Å². The number of aromatic nitrogens is 3. The first-order valence-electron chi connectivity index (χ1n) is 9.18. The monoisotopic (exact) mass is 426 g/mol. The highest BCUT2D eigenvalue weighted by molar-refractivity contribution is 7.99. The highest BCUT2D eigenvalue weighted by Gasteiger charge is 2.16. The van der Waals surface area contributed by atoms with Crippen molar-refractivity contribution in [1.29, 1.82) is 0 Å². The summed E-state index contributed by atoms with van der Waals surface area (Å²) in [5.41, 5.74) is 3.42. The third-order valence-corrected chi connectivity index (χ3v) is 6.06. The lowest BCUT2D eigenvalue weighted by molar-refractivity contribution is -0.113. The van der Waals surface area contributed by atoms with Crippen LogP contribution in [0.3, 0.4) is 0 Å². The third-order valence-electron chi connectivity index (χ3n) is 4.68. The molecule has 8 heteroatoms. The van der Waals surface area contributed by atoms with E-state index in [0.717, 1.165) is 16.5 Å². The van der Waals surface area contributed by atoms with Gasteiger partial charge in [-0.25, -0.2) is 4.98 Å². The molecule has 2 heterocycles. The number of para-hydroxylation sites is 1. The number of thioether (sulfide) groups is 1. The van der Waals surface area contributed by atoms with Crippen molar-refractivity contribution in [3.05, 3.63) is 63.4 Å². The number of aromatic amines is 1. The molecule has 0 saturated heterocycles. The van der Waals surface area contributed by atoms with Crippen LogP contribution in [0.5, 0.6) is 0 Å². The van der Waals surface area contributed by atoms with E-state index in [1.807, 2.05) is 50.2 Å². The second-order valence-electron chi connectivity index (χ2n) is 6.64. The van der Waals surface area contributed by atoms with Gasteiger partial charge >= 0.3 is 0 Å². The number of benzene rings is 2. The molecule has 0 unspecified atom stereocenters. The van der Waals surface area contributed by atoms with E-state index in [1.54, 1.807) is 10.6 Å². The number of hydrogen-bond acceptors (Lipinski definition) is 4. The van der Waals surface area contributed by atoms with Crippen molar-refractivity contribution in [2.24, 2.45) is 0 Å². The maximum atomic E-state index is 12.9. The number of carbonyl (C=O) groups excluding carboxylic acids is 1. The summed E-state index contributed by atoms with van der Waals surface area (Å²) in [7, 11) is 0. The number of aryl methyl sites for hydroxylation is 1. The number of halogens is 1. The maximum Gasteiger partial charge on any atom is 0.278 e. The van der Waals surface area contributed by atoms with Crippen molar-refractivity contribution in [2.75, 3.05) is 11.1 Å². The fourth-order valence-corrected chi connectivity index (χ4v) is 4.20. The van der Waals surface area contributed by atoms with Gasteiger partial charge in [0.1, 0.15) is 11.0 Å². The van der Waals surface area contributed by atoms with Crippen LogP contribution in [-0.4, -0.2) is 26.2 Å². The minimum Gasteiger partial charge on any atom is -0.349 e. The number of rotatable bonds is 5. The molecule has 29 heavy (non-hydrogen) atoms. The molecule has 6 nitrogen and oxygen atoms in total. The highest BCUT2D eigenvalue weighted by atomic mass is 35.5. The number of carbonyl (C=O) groups is 1. The van der Waals surface area contributed by atoms with Gasteiger partial charge in [0.2, 0.25) is 5.91 Å². The molecule has 0 saturated carbocycles. The number of H-pyrrole nitrogens is 1. The number of nitrogens with one attached hydrogen (secondary N) is 2. The summed E-state index contributed by atoms with van der Waals surface area (Å²) in [5.74, 6) is -0.0583. The van der Waals surface area contributed by atoms with E-state index in [9.17, 15) is 9.59 Å². The van der Waals surface area contributed by atoms with Crippen molar-refractivity contribution in [3.8, 4) is 0 Å². The minimum atomic E-state index is -0.189. The highest BCUT2D eigenvalue weighted by Crippen LogP contribution is 2.25. The SMILES string of the molecule is CCn1c(SCC(=O)Nc2ccc(C)c(Cl)c2)nc2c([nH]c3ccccc32)c1=O. The number of hydrogen-bond donors (Lipinski definition) is 2. The first-order valence-corrected chi connectivity index (χ1v) is 10.5. The van der Waals surface area contributed by atoms with Crippen molar-refractivity contribution in [2.45, 2.75) is 25.5 Å². The topological polar surface area (TPSA) is 79.8 Å². The lowest BCUT2D eigenvalue weighted by Crippen LogP contribution is -2.23. The van der Waals surface area contributed by atoms with Gasteiger partial charge < -0.3 is 10.3 Å². The van der Waals surface area contributed by atoms with E-state index in [2.05, 4.69) is 10.3 Å². The van der Waals surface area contributed by atoms with Crippen LogP contribution >= 0.6 is 23.4 Å². The number of fused-ring (bicyclic) bond motifs is 3. The maximum absolute atomic E-state index is 12.9. The molecule has 2 N–H and O–H groups in total. The Hall–Kier alpha value is -2.77. The molecule has 2 aromatic carbocycles. The summed E-state index contributed by atoms with van der Waals surface area (Å²) in [5, 5.41) is 4.84. The van der Waals surface area contributed by atoms with Gasteiger partial charge in [0, 0.05) is 28.2 Å². The van der Waals surface area contributed by atoms with Gasteiger partial charge in [0.05, 0.1) is 5.75 Å². The first-order chi connectivity index (χ1) is 14.0. The number of nitrogens with zero attached hydrogens (tertiary/aromatic N) is 2. The number of anilines is 1. The summed E-state index contributed by atoms with van der Waals surface area (Å²) in [4.78, 5) is 33.2. The minimum absolute atomic E-state index is 0.131. The molecule has 148 valence electrons. The molecule has 4 aromatic rings. The lowest BCUT2D eigenvalue weighted by Gasteiger charge is -2.10. The smallest absolute Gasteiger partial charge is 0.278 e. The standard InChI is InChI=1S/C21H19ClN4O2S/c1-3-26-20(28)19-18(14-6-4-5-7-16(14)24-19)25-21(26)29-11-17(27)23-13-9-8-12(2)15(22)10-13/h4-10,24H,3,11H2,1-2H3,(H,23,27). The van der Waals surface area contributed by atoms with Crippen LogP contribution in [-0.2, 0) is 11.3 Å². The molecule has 0 atom stereocenters. The van der Waals surface area contributed by atoms with Gasteiger partial charge in [-0.15, -0.1) is 0 Å². The Balaban J connectivity index is 1.61. The van der Waals surface area contributed by atoms with Crippen LogP contribution in [0.1, 0.15) is 12.5 Å². The van der Waals surface area contributed by atoms with E-state index < -0.39 is 0 Å². The molecule has 0 spiro atoms. The van der Waals surface area contributed by atoms with Crippen molar-refractivity contribution < 1.29 is 4.79 Å². The fourth-order valence-electron chi connectivity index (χ4n) is 3.16. The molecule has 2 aromatic heterocycles. The molecule has 0 radical (unpaired) electrons. The van der Waals surface area contributed by atoms with E-state index in [-0.39, 0.29) is 17.2 Å². The Morgan fingerprint density at radius 1 is 1.28 bits per heavy atom. The van der Waals surface area contributed by atoms with Gasteiger partial charge in [-0.2, -0.15) is 0 Å². The predicted octanol–water partition coefficient (Wildman–Crippen LogP) is 4.59. The van der Waals surface area contributed by atoms with E-state index in [4.69, 9.17) is 16.6 Å². The van der Waals surface area contributed by atoms with E-state index in [0.29, 0.717) is 33.4 Å². The Bertz CT molecular complexity index is 1300. The van der Waals surface area contributed by atoms with Crippen LogP contribution in [0.25, 0.3) is 21.9 Å². The number of amides is 1. The fraction of sp³-hybridized carbons (Fsp3) is 0.190. The largest absolute Gasteiger partial charge is 0.349 e. The molecule has 0 aliphatic rings.